The zero-order valence-electron chi connectivity index (χ0n) is 16.0. The van der Waals surface area contributed by atoms with E-state index in [1.165, 1.54) is 24.3 Å². The lowest BCUT2D eigenvalue weighted by atomic mass is 10.1. The van der Waals surface area contributed by atoms with E-state index in [1.54, 1.807) is 30.3 Å². The number of likely N-dealkylation sites (N-methyl/N-ethyl adjacent to an activating group) is 1. The molecule has 2 amide bonds. The van der Waals surface area contributed by atoms with Gasteiger partial charge in [0.2, 0.25) is 5.82 Å². The summed E-state index contributed by atoms with van der Waals surface area (Å²) in [6.07, 6.45) is 2.74. The third-order valence-electron chi connectivity index (χ3n) is 4.52. The number of benzene rings is 1. The zero-order chi connectivity index (χ0) is 22.1. The van der Waals surface area contributed by atoms with Gasteiger partial charge >= 0.3 is 0 Å². The molecule has 1 aliphatic rings. The lowest BCUT2D eigenvalue weighted by Gasteiger charge is -2.19. The quantitative estimate of drug-likeness (QED) is 0.617. The number of aromatic nitrogens is 3. The van der Waals surface area contributed by atoms with Gasteiger partial charge in [-0.05, 0) is 12.1 Å². The number of rotatable bonds is 3. The highest BCUT2D eigenvalue weighted by Gasteiger charge is 2.32. The van der Waals surface area contributed by atoms with E-state index in [0.717, 1.165) is 0 Å². The summed E-state index contributed by atoms with van der Waals surface area (Å²) in [5.74, 6) is -0.562. The van der Waals surface area contributed by atoms with Gasteiger partial charge in [0.25, 0.3) is 11.8 Å². The monoisotopic (exact) mass is 477 g/mol. The Morgan fingerprint density at radius 2 is 1.87 bits per heavy atom. The number of nitrogens with zero attached hydrogens (tertiary/aromatic N) is 4. The van der Waals surface area contributed by atoms with E-state index in [1.807, 2.05) is 0 Å². The average Bonchev–Trinajstić information content (AvgIpc) is 2.86. The van der Waals surface area contributed by atoms with Crippen LogP contribution in [0.2, 0.25) is 15.1 Å². The Bertz CT molecular complexity index is 1170. The topological polar surface area (TPSA) is 97.3 Å². The molecule has 4 rings (SSSR count). The molecular formula is C20H14Cl3N5O3. The molecule has 2 aromatic heterocycles. The summed E-state index contributed by atoms with van der Waals surface area (Å²) < 4.78 is 5.64. The van der Waals surface area contributed by atoms with Gasteiger partial charge in [-0.2, -0.15) is 0 Å². The van der Waals surface area contributed by atoms with Crippen molar-refractivity contribution >= 4 is 52.4 Å². The Labute approximate surface area is 192 Å². The highest BCUT2D eigenvalue weighted by Crippen LogP contribution is 2.31. The van der Waals surface area contributed by atoms with Crippen LogP contribution in [0.5, 0.6) is 5.75 Å². The molecule has 0 bridgehead atoms. The molecule has 158 valence electrons. The number of fused-ring (bicyclic) bond motifs is 1. The summed E-state index contributed by atoms with van der Waals surface area (Å²) in [5.41, 5.74) is 1.03. The molecule has 0 saturated carbocycles. The summed E-state index contributed by atoms with van der Waals surface area (Å²) in [6.45, 7) is -0.110. The minimum absolute atomic E-state index is 0.110. The molecule has 1 aliphatic heterocycles. The Morgan fingerprint density at radius 1 is 1.13 bits per heavy atom. The maximum Gasteiger partial charge on any atom is 0.289 e. The smallest absolute Gasteiger partial charge is 0.289 e. The van der Waals surface area contributed by atoms with E-state index in [-0.39, 0.29) is 17.5 Å². The van der Waals surface area contributed by atoms with Crippen molar-refractivity contribution in [2.24, 2.45) is 0 Å². The molecule has 0 fully saturated rings. The van der Waals surface area contributed by atoms with Gasteiger partial charge in [0.15, 0.2) is 11.6 Å². The first kappa shape index (κ1) is 21.3. The molecule has 0 spiro atoms. The van der Waals surface area contributed by atoms with Crippen molar-refractivity contribution in [3.05, 3.63) is 63.6 Å². The Hall–Kier alpha value is -2.94. The van der Waals surface area contributed by atoms with Crippen LogP contribution >= 0.6 is 34.8 Å². The molecule has 1 aromatic carbocycles. The molecule has 0 aliphatic carbocycles. The summed E-state index contributed by atoms with van der Waals surface area (Å²) in [5, 5.41) is 3.80. The van der Waals surface area contributed by atoms with E-state index in [4.69, 9.17) is 39.5 Å². The number of anilines is 1. The molecule has 0 radical (unpaired) electrons. The van der Waals surface area contributed by atoms with Gasteiger partial charge in [-0.15, -0.1) is 0 Å². The van der Waals surface area contributed by atoms with Crippen molar-refractivity contribution in [3.63, 3.8) is 0 Å². The molecule has 8 nitrogen and oxygen atoms in total. The first-order chi connectivity index (χ1) is 14.8. The number of ether oxygens (including phenoxy) is 1. The number of hydrogen-bond donors (Lipinski definition) is 1. The van der Waals surface area contributed by atoms with E-state index in [2.05, 4.69) is 20.3 Å². The van der Waals surface area contributed by atoms with Gasteiger partial charge in [-0.25, -0.2) is 15.0 Å². The fraction of sp³-hybridized carbons (Fsp3) is 0.150. The minimum atomic E-state index is -0.983. The molecular weight excluding hydrogens is 465 g/mol. The second-order valence-corrected chi connectivity index (χ2v) is 7.89. The summed E-state index contributed by atoms with van der Waals surface area (Å²) in [7, 11) is 1.54. The third kappa shape index (κ3) is 4.41. The van der Waals surface area contributed by atoms with Gasteiger partial charge in [-0.1, -0.05) is 46.9 Å². The predicted molar refractivity (Wildman–Crippen MR) is 117 cm³/mol. The van der Waals surface area contributed by atoms with E-state index in [9.17, 15) is 9.59 Å². The van der Waals surface area contributed by atoms with Crippen molar-refractivity contribution in [1.29, 1.82) is 0 Å². The Kier molecular flexibility index (Phi) is 5.95. The Morgan fingerprint density at radius 3 is 2.61 bits per heavy atom. The second-order valence-electron chi connectivity index (χ2n) is 6.61. The number of nitrogens with one attached hydrogen (secondary N) is 1. The fourth-order valence-electron chi connectivity index (χ4n) is 2.97. The van der Waals surface area contributed by atoms with Gasteiger partial charge in [0.1, 0.15) is 12.6 Å². The van der Waals surface area contributed by atoms with Crippen molar-refractivity contribution < 1.29 is 14.3 Å². The van der Waals surface area contributed by atoms with Crippen LogP contribution in [0.1, 0.15) is 10.6 Å². The first-order valence-corrected chi connectivity index (χ1v) is 10.1. The van der Waals surface area contributed by atoms with Gasteiger partial charge in [0.05, 0.1) is 21.9 Å². The van der Waals surface area contributed by atoms with Crippen LogP contribution in [-0.4, -0.2) is 46.5 Å². The number of carbonyl (C=O) groups excluding carboxylic acids is 2. The van der Waals surface area contributed by atoms with E-state index < -0.39 is 17.9 Å². The highest BCUT2D eigenvalue weighted by atomic mass is 35.5. The molecule has 1 unspecified atom stereocenters. The number of amides is 2. The van der Waals surface area contributed by atoms with Crippen LogP contribution in [0.25, 0.3) is 11.3 Å². The van der Waals surface area contributed by atoms with Gasteiger partial charge < -0.3 is 10.1 Å². The van der Waals surface area contributed by atoms with Crippen LogP contribution in [0, 0.1) is 0 Å². The van der Waals surface area contributed by atoms with Crippen molar-refractivity contribution in [1.82, 2.24) is 20.3 Å². The van der Waals surface area contributed by atoms with Crippen molar-refractivity contribution in [2.75, 3.05) is 18.6 Å². The zero-order valence-corrected chi connectivity index (χ0v) is 18.2. The Balaban J connectivity index is 1.56. The number of pyridine rings is 1. The standard InChI is InChI=1S/C20H14Cl3N5O3/c1-28-18-15(6-12(22)7-25-18)31-9-14(20(28)30)26-19(29)17-24-8-13(23)16(27-17)10-2-4-11(21)5-3-10/h2-8,14H,9H2,1H3,(H,26,29). The number of carbonyl (C=O) groups is 2. The molecule has 1 N–H and O–H groups in total. The summed E-state index contributed by atoms with van der Waals surface area (Å²) in [4.78, 5) is 39.3. The van der Waals surface area contributed by atoms with Crippen LogP contribution in [0.3, 0.4) is 0 Å². The van der Waals surface area contributed by atoms with E-state index in [0.29, 0.717) is 32.9 Å². The summed E-state index contributed by atoms with van der Waals surface area (Å²) in [6, 6.07) is 7.40. The molecule has 31 heavy (non-hydrogen) atoms. The SMILES string of the molecule is CN1C(=O)C(NC(=O)c2ncc(Cl)c(-c3ccc(Cl)cc3)n2)COc2cc(Cl)cnc21. The molecule has 1 atom stereocenters. The normalized spacial score (nSPS) is 15.7. The maximum atomic E-state index is 12.8. The van der Waals surface area contributed by atoms with Gasteiger partial charge in [-0.3, -0.25) is 14.5 Å². The second kappa shape index (κ2) is 8.66. The third-order valence-corrected chi connectivity index (χ3v) is 5.26. The van der Waals surface area contributed by atoms with Crippen LogP contribution in [0.15, 0.2) is 42.7 Å². The largest absolute Gasteiger partial charge is 0.487 e. The van der Waals surface area contributed by atoms with Crippen LogP contribution < -0.4 is 15.0 Å². The van der Waals surface area contributed by atoms with Crippen molar-refractivity contribution in [2.45, 2.75) is 6.04 Å². The summed E-state index contributed by atoms with van der Waals surface area (Å²) >= 11 is 18.1. The minimum Gasteiger partial charge on any atom is -0.487 e. The molecule has 11 heteroatoms. The molecule has 3 heterocycles. The maximum absolute atomic E-state index is 12.8. The van der Waals surface area contributed by atoms with Crippen LogP contribution in [-0.2, 0) is 4.79 Å². The first-order valence-electron chi connectivity index (χ1n) is 8.98. The lowest BCUT2D eigenvalue weighted by Crippen LogP contribution is -2.49. The number of hydrogen-bond acceptors (Lipinski definition) is 6. The van der Waals surface area contributed by atoms with E-state index >= 15 is 0 Å². The average molecular weight is 479 g/mol. The molecule has 0 saturated heterocycles. The number of halogens is 3. The van der Waals surface area contributed by atoms with Crippen molar-refractivity contribution in [3.8, 4) is 17.0 Å². The predicted octanol–water partition coefficient (Wildman–Crippen LogP) is 3.65. The molecule has 3 aromatic rings. The van der Waals surface area contributed by atoms with Gasteiger partial charge in [0, 0.05) is 29.9 Å². The lowest BCUT2D eigenvalue weighted by molar-refractivity contribution is -0.120. The van der Waals surface area contributed by atoms with Crippen LogP contribution in [0.4, 0.5) is 5.82 Å². The highest BCUT2D eigenvalue weighted by molar-refractivity contribution is 6.33. The fourth-order valence-corrected chi connectivity index (χ4v) is 3.44.